The van der Waals surface area contributed by atoms with Crippen LogP contribution >= 0.6 is 0 Å². The van der Waals surface area contributed by atoms with Gasteiger partial charge in [0, 0.05) is 18.3 Å². The summed E-state index contributed by atoms with van der Waals surface area (Å²) in [6.45, 7) is 2.51. The highest BCUT2D eigenvalue weighted by Gasteiger charge is 2.38. The van der Waals surface area contributed by atoms with Crippen LogP contribution in [-0.2, 0) is 12.4 Å². The molecule has 3 aliphatic heterocycles. The first kappa shape index (κ1) is 18.8. The molecule has 10 heteroatoms. The van der Waals surface area contributed by atoms with Crippen molar-refractivity contribution in [3.05, 3.63) is 29.3 Å². The Balaban J connectivity index is 1.75. The Labute approximate surface area is 145 Å². The lowest BCUT2D eigenvalue weighted by molar-refractivity contribution is -0.143. The van der Waals surface area contributed by atoms with Gasteiger partial charge in [0.25, 0.3) is 0 Å². The third kappa shape index (κ3) is 4.22. The van der Waals surface area contributed by atoms with Crippen LogP contribution in [0.1, 0.15) is 24.0 Å². The number of nitrogens with one attached hydrogen (secondary N) is 2. The van der Waals surface area contributed by atoms with Gasteiger partial charge in [-0.05, 0) is 50.0 Å². The number of rotatable bonds is 2. The topological polar surface area (TPSA) is 44.4 Å². The van der Waals surface area contributed by atoms with Gasteiger partial charge in [-0.15, -0.1) is 0 Å². The number of carbonyl (C=O) groups excluding carboxylic acids is 1. The maximum atomic E-state index is 12.8. The van der Waals surface area contributed by atoms with E-state index in [-0.39, 0.29) is 18.0 Å². The molecule has 3 heterocycles. The van der Waals surface area contributed by atoms with E-state index >= 15 is 0 Å². The standard InChI is InChI=1S/C16H17F6N3O/c17-15(18,19)10-5-11(16(20,21)22)7-12(6-10)23-14(26)24-13-8-25-3-1-9(13)2-4-25/h5-7,9,13H,1-4,8H2,(H2,23,24,26)/t13-/m0/s1. The first-order valence-corrected chi connectivity index (χ1v) is 8.12. The molecular weight excluding hydrogens is 364 g/mol. The van der Waals surface area contributed by atoms with Gasteiger partial charge < -0.3 is 15.5 Å². The molecule has 2 bridgehead atoms. The maximum Gasteiger partial charge on any atom is 0.416 e. The van der Waals surface area contributed by atoms with Gasteiger partial charge in [0.1, 0.15) is 0 Å². The van der Waals surface area contributed by atoms with E-state index in [1.807, 2.05) is 0 Å². The molecule has 1 atom stereocenters. The second kappa shape index (κ2) is 6.64. The minimum absolute atomic E-state index is 0.0243. The number of fused-ring (bicyclic) bond motifs is 3. The fraction of sp³-hybridized carbons (Fsp3) is 0.562. The van der Waals surface area contributed by atoms with Crippen LogP contribution < -0.4 is 10.6 Å². The van der Waals surface area contributed by atoms with Crippen molar-refractivity contribution in [2.45, 2.75) is 31.2 Å². The van der Waals surface area contributed by atoms with Gasteiger partial charge in [-0.2, -0.15) is 26.3 Å². The normalized spacial score (nSPS) is 25.8. The summed E-state index contributed by atoms with van der Waals surface area (Å²) in [5.41, 5.74) is -3.48. The number of piperidine rings is 3. The van der Waals surface area contributed by atoms with Crippen LogP contribution in [0.3, 0.4) is 0 Å². The molecule has 0 aromatic heterocycles. The van der Waals surface area contributed by atoms with Crippen molar-refractivity contribution in [3.8, 4) is 0 Å². The number of anilines is 1. The van der Waals surface area contributed by atoms with E-state index in [0.717, 1.165) is 25.9 Å². The number of hydrogen-bond donors (Lipinski definition) is 2. The van der Waals surface area contributed by atoms with Gasteiger partial charge in [0.05, 0.1) is 11.1 Å². The van der Waals surface area contributed by atoms with Gasteiger partial charge in [-0.3, -0.25) is 0 Å². The van der Waals surface area contributed by atoms with Gasteiger partial charge >= 0.3 is 18.4 Å². The summed E-state index contributed by atoms with van der Waals surface area (Å²) in [6.07, 6.45) is -8.09. The van der Waals surface area contributed by atoms with Gasteiger partial charge in [-0.1, -0.05) is 0 Å². The van der Waals surface area contributed by atoms with Crippen LogP contribution in [0.15, 0.2) is 18.2 Å². The van der Waals surface area contributed by atoms with E-state index < -0.39 is 35.2 Å². The zero-order valence-corrected chi connectivity index (χ0v) is 13.5. The summed E-state index contributed by atoms with van der Waals surface area (Å²) >= 11 is 0. The molecule has 0 spiro atoms. The number of urea groups is 1. The molecule has 144 valence electrons. The van der Waals surface area contributed by atoms with Crippen molar-refractivity contribution in [2.75, 3.05) is 25.0 Å². The summed E-state index contributed by atoms with van der Waals surface area (Å²) < 4.78 is 77.1. The molecule has 4 rings (SSSR count). The van der Waals surface area contributed by atoms with Crippen LogP contribution in [0.5, 0.6) is 0 Å². The smallest absolute Gasteiger partial charge is 0.334 e. The maximum absolute atomic E-state index is 12.8. The van der Waals surface area contributed by atoms with Crippen LogP contribution in [0, 0.1) is 5.92 Å². The Kier molecular flexibility index (Phi) is 4.80. The van der Waals surface area contributed by atoms with Crippen molar-refractivity contribution in [2.24, 2.45) is 5.92 Å². The van der Waals surface area contributed by atoms with Gasteiger partial charge in [-0.25, -0.2) is 4.79 Å². The van der Waals surface area contributed by atoms with Crippen LogP contribution in [-0.4, -0.2) is 36.6 Å². The minimum atomic E-state index is -4.95. The average molecular weight is 381 g/mol. The quantitative estimate of drug-likeness (QED) is 0.763. The summed E-state index contributed by atoms with van der Waals surface area (Å²) in [4.78, 5) is 14.2. The minimum Gasteiger partial charge on any atom is -0.334 e. The highest BCUT2D eigenvalue weighted by Crippen LogP contribution is 2.37. The summed E-state index contributed by atoms with van der Waals surface area (Å²) in [6, 6.07) is 0.0363. The van der Waals surface area contributed by atoms with E-state index in [4.69, 9.17) is 0 Å². The highest BCUT2D eigenvalue weighted by atomic mass is 19.4. The second-order valence-corrected chi connectivity index (χ2v) is 6.64. The lowest BCUT2D eigenvalue weighted by Crippen LogP contribution is -2.57. The molecule has 1 aromatic carbocycles. The van der Waals surface area contributed by atoms with E-state index in [1.165, 1.54) is 0 Å². The molecule has 0 aliphatic carbocycles. The zero-order chi connectivity index (χ0) is 19.1. The van der Waals surface area contributed by atoms with E-state index in [1.54, 1.807) is 0 Å². The number of halogens is 6. The SMILES string of the molecule is O=C(Nc1cc(C(F)(F)F)cc(C(F)(F)F)c1)N[C@H]1CN2CCC1CC2. The van der Waals surface area contributed by atoms with Crippen molar-refractivity contribution in [1.29, 1.82) is 0 Å². The van der Waals surface area contributed by atoms with E-state index in [9.17, 15) is 31.1 Å². The molecule has 3 saturated heterocycles. The van der Waals surface area contributed by atoms with Crippen LogP contribution in [0.25, 0.3) is 0 Å². The van der Waals surface area contributed by atoms with Crippen molar-refractivity contribution in [3.63, 3.8) is 0 Å². The lowest BCUT2D eigenvalue weighted by Gasteiger charge is -2.44. The number of carbonyl (C=O) groups is 1. The number of alkyl halides is 6. The summed E-state index contributed by atoms with van der Waals surface area (Å²) in [5, 5.41) is 4.77. The largest absolute Gasteiger partial charge is 0.416 e. The number of nitrogens with zero attached hydrogens (tertiary/aromatic N) is 1. The molecule has 26 heavy (non-hydrogen) atoms. The van der Waals surface area contributed by atoms with Crippen LogP contribution in [0.2, 0.25) is 0 Å². The molecule has 0 saturated carbocycles. The third-order valence-electron chi connectivity index (χ3n) is 4.82. The average Bonchev–Trinajstić information content (AvgIpc) is 2.54. The first-order chi connectivity index (χ1) is 12.0. The van der Waals surface area contributed by atoms with Crippen molar-refractivity contribution >= 4 is 11.7 Å². The Morgan fingerprint density at radius 3 is 1.92 bits per heavy atom. The molecule has 0 radical (unpaired) electrons. The third-order valence-corrected chi connectivity index (χ3v) is 4.82. The monoisotopic (exact) mass is 381 g/mol. The molecule has 1 aromatic rings. The lowest BCUT2D eigenvalue weighted by atomic mass is 9.84. The summed E-state index contributed by atoms with van der Waals surface area (Å²) in [7, 11) is 0. The van der Waals surface area contributed by atoms with Gasteiger partial charge in [0.2, 0.25) is 0 Å². The zero-order valence-electron chi connectivity index (χ0n) is 13.5. The Hall–Kier alpha value is -1.97. The number of amides is 2. The molecular formula is C16H17F6N3O. The van der Waals surface area contributed by atoms with Crippen molar-refractivity contribution in [1.82, 2.24) is 10.2 Å². The fourth-order valence-electron chi connectivity index (χ4n) is 3.49. The Morgan fingerprint density at radius 1 is 0.962 bits per heavy atom. The Morgan fingerprint density at radius 2 is 1.50 bits per heavy atom. The fourth-order valence-corrected chi connectivity index (χ4v) is 3.49. The molecule has 0 unspecified atom stereocenters. The second-order valence-electron chi connectivity index (χ2n) is 6.64. The number of benzene rings is 1. The Bertz CT molecular complexity index is 647. The van der Waals surface area contributed by atoms with Crippen molar-refractivity contribution < 1.29 is 31.1 Å². The predicted octanol–water partition coefficient (Wildman–Crippen LogP) is 3.94. The van der Waals surface area contributed by atoms with E-state index in [2.05, 4.69) is 15.5 Å². The molecule has 3 aliphatic rings. The molecule has 2 amide bonds. The van der Waals surface area contributed by atoms with Gasteiger partial charge in [0.15, 0.2) is 0 Å². The van der Waals surface area contributed by atoms with E-state index in [0.29, 0.717) is 18.7 Å². The highest BCUT2D eigenvalue weighted by molar-refractivity contribution is 5.89. The summed E-state index contributed by atoms with van der Waals surface area (Å²) in [5.74, 6) is 0.276. The number of hydrogen-bond acceptors (Lipinski definition) is 2. The molecule has 2 N–H and O–H groups in total. The first-order valence-electron chi connectivity index (χ1n) is 8.12. The predicted molar refractivity (Wildman–Crippen MR) is 81.6 cm³/mol. The molecule has 3 fully saturated rings. The molecule has 4 nitrogen and oxygen atoms in total. The van der Waals surface area contributed by atoms with Crippen LogP contribution in [0.4, 0.5) is 36.8 Å².